The van der Waals surface area contributed by atoms with E-state index in [0.717, 1.165) is 11.0 Å². The summed E-state index contributed by atoms with van der Waals surface area (Å²) in [5.41, 5.74) is 4.47. The highest BCUT2D eigenvalue weighted by Crippen LogP contribution is 2.12. The molecule has 1 N–H and O–H groups in total. The number of rotatable bonds is 3. The molecule has 0 amide bonds. The van der Waals surface area contributed by atoms with Crippen molar-refractivity contribution >= 4 is 33.9 Å². The summed E-state index contributed by atoms with van der Waals surface area (Å²) >= 11 is 5.21. The van der Waals surface area contributed by atoms with Gasteiger partial charge in [-0.25, -0.2) is 0 Å². The Morgan fingerprint density at radius 3 is 2.57 bits per heavy atom. The van der Waals surface area contributed by atoms with Gasteiger partial charge in [0, 0.05) is 29.1 Å². The molecule has 0 saturated heterocycles. The Bertz CT molecular complexity index is 948. The first kappa shape index (κ1) is 14.9. The monoisotopic (exact) mass is 325 g/mol. The second-order valence-corrected chi connectivity index (χ2v) is 5.08. The van der Waals surface area contributed by atoms with Crippen LogP contribution in [0.25, 0.3) is 11.0 Å². The number of nitrogens with zero attached hydrogens (tertiary/aromatic N) is 2. The second kappa shape index (κ2) is 6.37. The van der Waals surface area contributed by atoms with Gasteiger partial charge in [0.1, 0.15) is 10.6 Å². The molecule has 0 fully saturated rings. The fourth-order valence-electron chi connectivity index (χ4n) is 1.98. The highest BCUT2D eigenvalue weighted by molar-refractivity contribution is 7.80. The van der Waals surface area contributed by atoms with E-state index in [-0.39, 0.29) is 5.69 Å². The van der Waals surface area contributed by atoms with E-state index < -0.39 is 4.92 Å². The quantitative estimate of drug-likeness (QED) is 0.454. The lowest BCUT2D eigenvalue weighted by Crippen LogP contribution is -2.19. The van der Waals surface area contributed by atoms with E-state index in [9.17, 15) is 10.1 Å². The van der Waals surface area contributed by atoms with Crippen molar-refractivity contribution in [3.05, 3.63) is 81.9 Å². The maximum absolute atomic E-state index is 10.6. The van der Waals surface area contributed by atoms with E-state index in [2.05, 4.69) is 10.5 Å². The molecule has 0 atom stereocenters. The molecule has 3 aromatic rings. The van der Waals surface area contributed by atoms with Crippen LogP contribution in [0.4, 0.5) is 5.69 Å². The van der Waals surface area contributed by atoms with Gasteiger partial charge in [-0.05, 0) is 24.3 Å². The van der Waals surface area contributed by atoms with Gasteiger partial charge in [-0.2, -0.15) is 0 Å². The van der Waals surface area contributed by atoms with Gasteiger partial charge in [0.25, 0.3) is 5.69 Å². The smallest absolute Gasteiger partial charge is 0.269 e. The number of thiocarbonyl (C=S) groups is 1. The van der Waals surface area contributed by atoms with Gasteiger partial charge >= 0.3 is 0 Å². The second-order valence-electron chi connectivity index (χ2n) is 4.67. The molecule has 6 nitrogen and oxygen atoms in total. The first-order valence-corrected chi connectivity index (χ1v) is 7.12. The molecular weight excluding hydrogens is 314 g/mol. The third-order valence-corrected chi connectivity index (χ3v) is 3.47. The summed E-state index contributed by atoms with van der Waals surface area (Å²) in [6.07, 6.45) is 0. The van der Waals surface area contributed by atoms with Gasteiger partial charge in [0.2, 0.25) is 5.55 Å². The van der Waals surface area contributed by atoms with Crippen LogP contribution in [0.15, 0.2) is 70.2 Å². The lowest BCUT2D eigenvalue weighted by molar-refractivity contribution is -0.384. The summed E-state index contributed by atoms with van der Waals surface area (Å²) in [5, 5.41) is 15.7. The summed E-state index contributed by atoms with van der Waals surface area (Å²) in [7, 11) is 0. The highest BCUT2D eigenvalue weighted by atomic mass is 32.1. The molecule has 3 rings (SSSR count). The Kier molecular flexibility index (Phi) is 4.11. The van der Waals surface area contributed by atoms with E-state index >= 15 is 0 Å². The van der Waals surface area contributed by atoms with Crippen molar-refractivity contribution in [1.82, 2.24) is 5.43 Å². The molecule has 0 aliphatic carbocycles. The van der Waals surface area contributed by atoms with E-state index in [0.29, 0.717) is 16.1 Å². The summed E-state index contributed by atoms with van der Waals surface area (Å²) < 4.78 is 5.62. The van der Waals surface area contributed by atoms with Crippen LogP contribution in [0, 0.1) is 10.1 Å². The van der Waals surface area contributed by atoms with Gasteiger partial charge in [-0.3, -0.25) is 15.5 Å². The maximum Gasteiger partial charge on any atom is 0.269 e. The molecule has 0 saturated carbocycles. The molecule has 23 heavy (non-hydrogen) atoms. The average Bonchev–Trinajstić information content (AvgIpc) is 2.59. The number of nitrogens with one attached hydrogen (secondary N) is 1. The topological polar surface area (TPSA) is 80.7 Å². The molecule has 0 bridgehead atoms. The minimum absolute atomic E-state index is 0.0121. The Balaban J connectivity index is 1.80. The van der Waals surface area contributed by atoms with Crippen LogP contribution >= 0.6 is 12.2 Å². The first-order chi connectivity index (χ1) is 11.1. The van der Waals surface area contributed by atoms with Crippen molar-refractivity contribution in [1.29, 1.82) is 0 Å². The average molecular weight is 325 g/mol. The molecule has 7 heteroatoms. The number of nitro benzene ring substituents is 1. The predicted molar refractivity (Wildman–Crippen MR) is 89.7 cm³/mol. The highest BCUT2D eigenvalue weighted by Gasteiger charge is 2.06. The lowest BCUT2D eigenvalue weighted by Gasteiger charge is -2.02. The zero-order valence-corrected chi connectivity index (χ0v) is 12.6. The fraction of sp³-hybridized carbons (Fsp3) is 0. The van der Waals surface area contributed by atoms with Crippen LogP contribution < -0.4 is 11.0 Å². The Hall–Kier alpha value is -3.06. The molecule has 2 aromatic carbocycles. The summed E-state index contributed by atoms with van der Waals surface area (Å²) in [6, 6.07) is 17.2. The van der Waals surface area contributed by atoms with Crippen LogP contribution in [0.3, 0.4) is 0 Å². The van der Waals surface area contributed by atoms with Crippen LogP contribution in [0.5, 0.6) is 0 Å². The van der Waals surface area contributed by atoms with Gasteiger partial charge in [-0.1, -0.05) is 30.4 Å². The lowest BCUT2D eigenvalue weighted by atomic mass is 10.2. The Labute approximate surface area is 136 Å². The van der Waals surface area contributed by atoms with Crippen molar-refractivity contribution in [3.63, 3.8) is 0 Å². The minimum Gasteiger partial charge on any atom is -0.437 e. The maximum atomic E-state index is 10.6. The summed E-state index contributed by atoms with van der Waals surface area (Å²) in [6.45, 7) is 0. The largest absolute Gasteiger partial charge is 0.437 e. The van der Waals surface area contributed by atoms with E-state index in [1.54, 1.807) is 18.2 Å². The van der Waals surface area contributed by atoms with Crippen molar-refractivity contribution in [3.8, 4) is 0 Å². The number of hydrogen-bond acceptors (Lipinski definition) is 5. The van der Waals surface area contributed by atoms with Crippen molar-refractivity contribution in [2.75, 3.05) is 0 Å². The molecule has 0 radical (unpaired) electrons. The van der Waals surface area contributed by atoms with Gasteiger partial charge < -0.3 is 4.42 Å². The number of non-ortho nitro benzene ring substituents is 1. The van der Waals surface area contributed by atoms with E-state index in [4.69, 9.17) is 16.6 Å². The van der Waals surface area contributed by atoms with E-state index in [1.807, 2.05) is 30.3 Å². The van der Waals surface area contributed by atoms with Crippen LogP contribution in [0.2, 0.25) is 0 Å². The summed E-state index contributed by atoms with van der Waals surface area (Å²) in [5.74, 6) is 0. The predicted octanol–water partition coefficient (Wildman–Crippen LogP) is 3.12. The SMILES string of the molecule is O=[N+]([O-])c1ccc(C(=S)N/N=c2/ccc3ccccc3o2)cc1. The van der Waals surface area contributed by atoms with Crippen LogP contribution in [-0.4, -0.2) is 9.91 Å². The normalized spacial score (nSPS) is 11.4. The minimum atomic E-state index is -0.460. The Morgan fingerprint density at radius 2 is 1.83 bits per heavy atom. The van der Waals surface area contributed by atoms with Crippen LogP contribution in [0.1, 0.15) is 5.56 Å². The standard InChI is InChI=1S/C16H11N3O3S/c20-19(21)13-8-5-12(6-9-13)16(23)18-17-15-10-7-11-3-1-2-4-14(11)22-15/h1-10H,(H,18,23)/b17-15-. The first-order valence-electron chi connectivity index (χ1n) is 6.71. The van der Waals surface area contributed by atoms with Gasteiger partial charge in [0.15, 0.2) is 0 Å². The van der Waals surface area contributed by atoms with Crippen molar-refractivity contribution in [2.24, 2.45) is 5.10 Å². The summed E-state index contributed by atoms with van der Waals surface area (Å²) in [4.78, 5) is 10.5. The molecule has 1 heterocycles. The van der Waals surface area contributed by atoms with Crippen molar-refractivity contribution < 1.29 is 9.34 Å². The van der Waals surface area contributed by atoms with Gasteiger partial charge in [-0.15, -0.1) is 5.10 Å². The number of fused-ring (bicyclic) bond motifs is 1. The zero-order valence-electron chi connectivity index (χ0n) is 11.8. The molecular formula is C16H11N3O3S. The third kappa shape index (κ3) is 3.41. The molecule has 0 aliphatic rings. The van der Waals surface area contributed by atoms with E-state index in [1.165, 1.54) is 12.1 Å². The number of para-hydroxylation sites is 1. The Morgan fingerprint density at radius 1 is 1.09 bits per heavy atom. The molecule has 114 valence electrons. The van der Waals surface area contributed by atoms with Crippen LogP contribution in [-0.2, 0) is 0 Å². The molecule has 0 unspecified atom stereocenters. The third-order valence-electron chi connectivity index (χ3n) is 3.15. The zero-order chi connectivity index (χ0) is 16.2. The number of hydrogen-bond donors (Lipinski definition) is 1. The fourth-order valence-corrected chi connectivity index (χ4v) is 2.17. The molecule has 0 aliphatic heterocycles. The number of nitro groups is 1. The van der Waals surface area contributed by atoms with Crippen molar-refractivity contribution in [2.45, 2.75) is 0 Å². The number of benzene rings is 2. The molecule has 0 spiro atoms. The molecule has 1 aromatic heterocycles. The van der Waals surface area contributed by atoms with Gasteiger partial charge in [0.05, 0.1) is 4.92 Å².